The fourth-order valence-electron chi connectivity index (χ4n) is 2.18. The molecule has 1 aromatic rings. The fourth-order valence-corrected chi connectivity index (χ4v) is 3.32. The first-order valence-corrected chi connectivity index (χ1v) is 8.99. The number of amides is 1. The van der Waals surface area contributed by atoms with Gasteiger partial charge in [-0.05, 0) is 37.0 Å². The van der Waals surface area contributed by atoms with Gasteiger partial charge in [-0.2, -0.15) is 26.3 Å². The number of halogens is 6. The van der Waals surface area contributed by atoms with Crippen LogP contribution >= 0.6 is 11.8 Å². The van der Waals surface area contributed by atoms with Crippen molar-refractivity contribution in [3.8, 4) is 0 Å². The predicted molar refractivity (Wildman–Crippen MR) is 86.7 cm³/mol. The summed E-state index contributed by atoms with van der Waals surface area (Å²) in [7, 11) is 0. The van der Waals surface area contributed by atoms with E-state index in [2.05, 4.69) is 5.32 Å². The van der Waals surface area contributed by atoms with Crippen molar-refractivity contribution in [2.24, 2.45) is 11.3 Å². The van der Waals surface area contributed by atoms with E-state index < -0.39 is 28.9 Å². The summed E-state index contributed by atoms with van der Waals surface area (Å²) in [6.45, 7) is 3.74. The number of benzene rings is 1. The third kappa shape index (κ3) is 5.56. The second kappa shape index (κ2) is 7.32. The van der Waals surface area contributed by atoms with E-state index in [-0.39, 0.29) is 22.6 Å². The summed E-state index contributed by atoms with van der Waals surface area (Å²) in [5, 5.41) is 2.77. The van der Waals surface area contributed by atoms with Crippen LogP contribution in [0.5, 0.6) is 0 Å². The van der Waals surface area contributed by atoms with E-state index in [0.717, 1.165) is 30.7 Å². The summed E-state index contributed by atoms with van der Waals surface area (Å²) in [5.74, 6) is 0.198. The Morgan fingerprint density at radius 3 is 2.23 bits per heavy atom. The molecule has 0 spiro atoms. The second-order valence-electron chi connectivity index (χ2n) is 7.03. The number of carbonyl (C=O) groups is 1. The molecule has 0 radical (unpaired) electrons. The second-order valence-corrected chi connectivity index (χ2v) is 8.05. The SMILES string of the molecule is CC(C)(CSc1ccc(C(F)(F)F)cc1C(F)(F)F)C(=O)NCC1CC1. The van der Waals surface area contributed by atoms with Gasteiger partial charge in [0.15, 0.2) is 0 Å². The molecule has 0 bridgehead atoms. The maximum absolute atomic E-state index is 13.2. The van der Waals surface area contributed by atoms with E-state index in [4.69, 9.17) is 0 Å². The molecule has 1 aromatic carbocycles. The molecule has 26 heavy (non-hydrogen) atoms. The molecule has 0 aromatic heterocycles. The molecule has 0 aliphatic heterocycles. The Morgan fingerprint density at radius 1 is 1.12 bits per heavy atom. The van der Waals surface area contributed by atoms with Gasteiger partial charge >= 0.3 is 12.4 Å². The number of nitrogens with one attached hydrogen (secondary N) is 1. The number of thioether (sulfide) groups is 1. The Kier molecular flexibility index (Phi) is 5.90. The van der Waals surface area contributed by atoms with Gasteiger partial charge in [-0.25, -0.2) is 0 Å². The van der Waals surface area contributed by atoms with Crippen LogP contribution in [0.2, 0.25) is 0 Å². The van der Waals surface area contributed by atoms with Gasteiger partial charge in [0.1, 0.15) is 0 Å². The van der Waals surface area contributed by atoms with Gasteiger partial charge < -0.3 is 5.32 Å². The highest BCUT2D eigenvalue weighted by molar-refractivity contribution is 7.99. The molecule has 0 heterocycles. The lowest BCUT2D eigenvalue weighted by molar-refractivity contribution is -0.144. The van der Waals surface area contributed by atoms with Crippen LogP contribution in [0.4, 0.5) is 26.3 Å². The summed E-state index contributed by atoms with van der Waals surface area (Å²) in [6, 6.07) is 1.55. The lowest BCUT2D eigenvalue weighted by atomic mass is 9.95. The van der Waals surface area contributed by atoms with Gasteiger partial charge in [0, 0.05) is 17.2 Å². The molecular weight excluding hydrogens is 380 g/mol. The summed E-state index contributed by atoms with van der Waals surface area (Å²) in [6.07, 6.45) is -7.67. The van der Waals surface area contributed by atoms with Crippen molar-refractivity contribution in [1.29, 1.82) is 0 Å². The molecule has 1 aliphatic rings. The number of hydrogen-bond acceptors (Lipinski definition) is 2. The van der Waals surface area contributed by atoms with Crippen molar-refractivity contribution < 1.29 is 31.1 Å². The Balaban J connectivity index is 2.13. The van der Waals surface area contributed by atoms with E-state index in [1.54, 1.807) is 13.8 Å². The highest BCUT2D eigenvalue weighted by Gasteiger charge is 2.39. The molecular formula is C17H19F6NOS. The van der Waals surface area contributed by atoms with E-state index in [9.17, 15) is 31.1 Å². The molecule has 1 saturated carbocycles. The minimum atomic E-state index is -4.91. The molecule has 2 nitrogen and oxygen atoms in total. The molecule has 2 rings (SSSR count). The van der Waals surface area contributed by atoms with Crippen LogP contribution in [0.1, 0.15) is 37.8 Å². The molecule has 0 atom stereocenters. The molecule has 1 aliphatic carbocycles. The zero-order valence-electron chi connectivity index (χ0n) is 14.2. The third-order valence-electron chi connectivity index (χ3n) is 4.06. The zero-order valence-corrected chi connectivity index (χ0v) is 15.0. The first kappa shape index (κ1) is 20.9. The van der Waals surface area contributed by atoms with Crippen LogP contribution in [0.3, 0.4) is 0 Å². The van der Waals surface area contributed by atoms with Crippen molar-refractivity contribution in [3.05, 3.63) is 29.3 Å². The van der Waals surface area contributed by atoms with Crippen LogP contribution in [-0.2, 0) is 17.1 Å². The average molecular weight is 399 g/mol. The molecule has 1 amide bonds. The van der Waals surface area contributed by atoms with E-state index in [1.165, 1.54) is 0 Å². The van der Waals surface area contributed by atoms with Gasteiger partial charge in [0.05, 0.1) is 16.5 Å². The Bertz CT molecular complexity index is 664. The van der Waals surface area contributed by atoms with Crippen molar-refractivity contribution in [1.82, 2.24) is 5.32 Å². The largest absolute Gasteiger partial charge is 0.417 e. The minimum absolute atomic E-state index is 0.0118. The monoisotopic (exact) mass is 399 g/mol. The maximum Gasteiger partial charge on any atom is 0.417 e. The summed E-state index contributed by atoms with van der Waals surface area (Å²) < 4.78 is 77.5. The van der Waals surface area contributed by atoms with Gasteiger partial charge in [-0.1, -0.05) is 13.8 Å². The number of hydrogen-bond donors (Lipinski definition) is 1. The zero-order chi connectivity index (χ0) is 19.8. The number of alkyl halides is 6. The molecule has 0 unspecified atom stereocenters. The molecule has 0 saturated heterocycles. The number of rotatable bonds is 6. The molecule has 146 valence electrons. The van der Waals surface area contributed by atoms with Gasteiger partial charge in [-0.15, -0.1) is 11.8 Å². The summed E-state index contributed by atoms with van der Waals surface area (Å²) >= 11 is 0.730. The van der Waals surface area contributed by atoms with Gasteiger partial charge in [0.25, 0.3) is 0 Å². The molecule has 1 N–H and O–H groups in total. The summed E-state index contributed by atoms with van der Waals surface area (Å²) in [5.41, 5.74) is -3.65. The highest BCUT2D eigenvalue weighted by atomic mass is 32.2. The maximum atomic E-state index is 13.2. The van der Waals surface area contributed by atoms with E-state index >= 15 is 0 Å². The van der Waals surface area contributed by atoms with Crippen molar-refractivity contribution in [2.75, 3.05) is 12.3 Å². The van der Waals surface area contributed by atoms with Crippen molar-refractivity contribution >= 4 is 17.7 Å². The van der Waals surface area contributed by atoms with Crippen LogP contribution in [0.25, 0.3) is 0 Å². The van der Waals surface area contributed by atoms with Gasteiger partial charge in [-0.3, -0.25) is 4.79 Å². The van der Waals surface area contributed by atoms with Crippen LogP contribution in [0.15, 0.2) is 23.1 Å². The van der Waals surface area contributed by atoms with Crippen LogP contribution in [0, 0.1) is 11.3 Å². The summed E-state index contributed by atoms with van der Waals surface area (Å²) in [4.78, 5) is 11.9. The lowest BCUT2D eigenvalue weighted by Crippen LogP contribution is -2.39. The van der Waals surface area contributed by atoms with Crippen molar-refractivity contribution in [2.45, 2.75) is 43.9 Å². The fraction of sp³-hybridized carbons (Fsp3) is 0.588. The predicted octanol–water partition coefficient (Wildman–Crippen LogP) is 5.37. The first-order valence-electron chi connectivity index (χ1n) is 8.00. The molecule has 9 heteroatoms. The van der Waals surface area contributed by atoms with Gasteiger partial charge in [0.2, 0.25) is 5.91 Å². The third-order valence-corrected chi connectivity index (χ3v) is 5.60. The van der Waals surface area contributed by atoms with Crippen molar-refractivity contribution in [3.63, 3.8) is 0 Å². The van der Waals surface area contributed by atoms with E-state index in [0.29, 0.717) is 18.5 Å². The average Bonchev–Trinajstić information content (AvgIpc) is 3.32. The lowest BCUT2D eigenvalue weighted by Gasteiger charge is -2.24. The minimum Gasteiger partial charge on any atom is -0.355 e. The van der Waals surface area contributed by atoms with E-state index in [1.807, 2.05) is 0 Å². The standard InChI is InChI=1S/C17H19F6NOS/c1-15(2,14(25)24-8-10-3-4-10)9-26-13-6-5-11(16(18,19)20)7-12(13)17(21,22)23/h5-7,10H,3-4,8-9H2,1-2H3,(H,24,25). The topological polar surface area (TPSA) is 29.1 Å². The highest BCUT2D eigenvalue weighted by Crippen LogP contribution is 2.42. The number of carbonyl (C=O) groups excluding carboxylic acids is 1. The Labute approximate surface area is 151 Å². The first-order chi connectivity index (χ1) is 11.8. The van der Waals surface area contributed by atoms with Crippen LogP contribution < -0.4 is 5.32 Å². The smallest absolute Gasteiger partial charge is 0.355 e. The molecule has 1 fully saturated rings. The van der Waals surface area contributed by atoms with Crippen LogP contribution in [-0.4, -0.2) is 18.2 Å². The Morgan fingerprint density at radius 2 is 1.73 bits per heavy atom. The quantitative estimate of drug-likeness (QED) is 0.515. The normalized spacial score (nSPS) is 15.8. The Hall–Kier alpha value is -1.38.